The van der Waals surface area contributed by atoms with Crippen LogP contribution in [0.3, 0.4) is 0 Å². The third kappa shape index (κ3) is 2.37. The van der Waals surface area contributed by atoms with Crippen LogP contribution >= 0.6 is 11.6 Å². The predicted molar refractivity (Wildman–Crippen MR) is 64.9 cm³/mol. The van der Waals surface area contributed by atoms with E-state index in [2.05, 4.69) is 4.98 Å². The van der Waals surface area contributed by atoms with Gasteiger partial charge in [-0.05, 0) is 23.8 Å². The Balaban J connectivity index is 2.48. The van der Waals surface area contributed by atoms with E-state index in [1.54, 1.807) is 18.3 Å². The number of nitrogens with zero attached hydrogens (tertiary/aromatic N) is 1. The van der Waals surface area contributed by atoms with Gasteiger partial charge in [-0.25, -0.2) is 0 Å². The van der Waals surface area contributed by atoms with Gasteiger partial charge in [-0.1, -0.05) is 17.7 Å². The topological polar surface area (TPSA) is 76.2 Å². The number of rotatable bonds is 2. The largest absolute Gasteiger partial charge is 0.507 e. The highest BCUT2D eigenvalue weighted by atomic mass is 35.5. The van der Waals surface area contributed by atoms with Gasteiger partial charge < -0.3 is 10.8 Å². The number of nitrogens with two attached hydrogens (primary N) is 1. The summed E-state index contributed by atoms with van der Waals surface area (Å²) in [4.78, 5) is 14.9. The molecule has 0 aliphatic heterocycles. The molecule has 86 valence electrons. The number of aromatic nitrogens is 1. The second-order valence-corrected chi connectivity index (χ2v) is 3.92. The number of aromatic hydroxyl groups is 1. The molecule has 1 heterocycles. The van der Waals surface area contributed by atoms with Crippen LogP contribution in [-0.2, 0) is 0 Å². The molecule has 0 aliphatic rings. The molecule has 2 rings (SSSR count). The van der Waals surface area contributed by atoms with Gasteiger partial charge in [0, 0.05) is 18.0 Å². The number of halogens is 1. The molecule has 4 nitrogen and oxygen atoms in total. The Morgan fingerprint density at radius 2 is 2.00 bits per heavy atom. The van der Waals surface area contributed by atoms with Crippen molar-refractivity contribution in [1.29, 1.82) is 0 Å². The number of benzene rings is 1. The highest BCUT2D eigenvalue weighted by Gasteiger charge is 2.09. The van der Waals surface area contributed by atoms with Crippen LogP contribution in [0.4, 0.5) is 0 Å². The van der Waals surface area contributed by atoms with Crippen LogP contribution in [0.2, 0.25) is 5.02 Å². The minimum absolute atomic E-state index is 0.0868. The molecule has 0 spiro atoms. The molecule has 0 bridgehead atoms. The second-order valence-electron chi connectivity index (χ2n) is 3.49. The van der Waals surface area contributed by atoms with Crippen molar-refractivity contribution in [3.63, 3.8) is 0 Å². The van der Waals surface area contributed by atoms with Crippen LogP contribution in [0.15, 0.2) is 36.7 Å². The minimum Gasteiger partial charge on any atom is -0.507 e. The average molecular weight is 249 g/mol. The van der Waals surface area contributed by atoms with Crippen LogP contribution in [0.5, 0.6) is 5.75 Å². The summed E-state index contributed by atoms with van der Waals surface area (Å²) in [5, 5.41) is 10.1. The van der Waals surface area contributed by atoms with Crippen LogP contribution in [0.25, 0.3) is 11.1 Å². The molecule has 17 heavy (non-hydrogen) atoms. The Hall–Kier alpha value is -2.07. The molecule has 1 aromatic carbocycles. The van der Waals surface area contributed by atoms with Crippen molar-refractivity contribution in [2.45, 2.75) is 0 Å². The first kappa shape index (κ1) is 11.4. The maximum atomic E-state index is 11.0. The monoisotopic (exact) mass is 248 g/mol. The molecule has 3 N–H and O–H groups in total. The molecule has 1 amide bonds. The molecule has 5 heteroatoms. The van der Waals surface area contributed by atoms with Crippen LogP contribution in [-0.4, -0.2) is 16.0 Å². The summed E-state index contributed by atoms with van der Waals surface area (Å²) in [5.41, 5.74) is 6.65. The zero-order valence-corrected chi connectivity index (χ0v) is 9.48. The van der Waals surface area contributed by atoms with Crippen LogP contribution in [0, 0.1) is 0 Å². The van der Waals surface area contributed by atoms with Crippen LogP contribution in [0.1, 0.15) is 10.4 Å². The highest BCUT2D eigenvalue weighted by Crippen LogP contribution is 2.27. The molecule has 2 aromatic rings. The second kappa shape index (κ2) is 4.43. The first-order valence-electron chi connectivity index (χ1n) is 4.81. The lowest BCUT2D eigenvalue weighted by molar-refractivity contribution is 0.0998. The van der Waals surface area contributed by atoms with E-state index >= 15 is 0 Å². The molecule has 0 radical (unpaired) electrons. The summed E-state index contributed by atoms with van der Waals surface area (Å²) < 4.78 is 0. The fourth-order valence-corrected chi connectivity index (χ4v) is 1.66. The third-order valence-corrected chi connectivity index (χ3v) is 2.51. The van der Waals surface area contributed by atoms with Gasteiger partial charge in [0.15, 0.2) is 0 Å². The van der Waals surface area contributed by atoms with Crippen molar-refractivity contribution in [2.24, 2.45) is 5.73 Å². The number of primary amides is 1. The van der Waals surface area contributed by atoms with E-state index < -0.39 is 5.91 Å². The van der Waals surface area contributed by atoms with Crippen molar-refractivity contribution in [3.05, 3.63) is 47.2 Å². The summed E-state index contributed by atoms with van der Waals surface area (Å²) in [6.07, 6.45) is 3.13. The van der Waals surface area contributed by atoms with Gasteiger partial charge in [-0.3, -0.25) is 9.78 Å². The van der Waals surface area contributed by atoms with E-state index in [4.69, 9.17) is 17.3 Å². The third-order valence-electron chi connectivity index (χ3n) is 2.30. The predicted octanol–water partition coefficient (Wildman–Crippen LogP) is 2.21. The lowest BCUT2D eigenvalue weighted by Gasteiger charge is -2.05. The van der Waals surface area contributed by atoms with Crippen molar-refractivity contribution in [1.82, 2.24) is 4.98 Å². The first-order chi connectivity index (χ1) is 8.08. The number of amides is 1. The van der Waals surface area contributed by atoms with Crippen molar-refractivity contribution < 1.29 is 9.90 Å². The van der Waals surface area contributed by atoms with Crippen molar-refractivity contribution in [2.75, 3.05) is 0 Å². The SMILES string of the molecule is NC(=O)c1ccc(-c2cncc(Cl)c2)cc1O. The van der Waals surface area contributed by atoms with E-state index in [-0.39, 0.29) is 11.3 Å². The molecule has 1 aromatic heterocycles. The normalized spacial score (nSPS) is 10.2. The zero-order chi connectivity index (χ0) is 12.4. The number of hydrogen-bond acceptors (Lipinski definition) is 3. The summed E-state index contributed by atoms with van der Waals surface area (Å²) in [6.45, 7) is 0. The van der Waals surface area contributed by atoms with Crippen LogP contribution < -0.4 is 5.73 Å². The Morgan fingerprint density at radius 3 is 2.59 bits per heavy atom. The Morgan fingerprint density at radius 1 is 1.24 bits per heavy atom. The van der Waals surface area contributed by atoms with Gasteiger partial charge >= 0.3 is 0 Å². The molecule has 0 saturated carbocycles. The molecular weight excluding hydrogens is 240 g/mol. The molecule has 0 aliphatic carbocycles. The molecule has 0 saturated heterocycles. The number of pyridine rings is 1. The van der Waals surface area contributed by atoms with E-state index in [0.717, 1.165) is 5.56 Å². The summed E-state index contributed by atoms with van der Waals surface area (Å²) in [7, 11) is 0. The molecule has 0 atom stereocenters. The highest BCUT2D eigenvalue weighted by molar-refractivity contribution is 6.30. The van der Waals surface area contributed by atoms with Crippen molar-refractivity contribution in [3.8, 4) is 16.9 Å². The maximum Gasteiger partial charge on any atom is 0.252 e. The molecular formula is C12H9ClN2O2. The van der Waals surface area contributed by atoms with Gasteiger partial charge in [0.1, 0.15) is 5.75 Å². The quantitative estimate of drug-likeness (QED) is 0.855. The van der Waals surface area contributed by atoms with Crippen molar-refractivity contribution >= 4 is 17.5 Å². The van der Waals surface area contributed by atoms with Gasteiger partial charge in [0.05, 0.1) is 10.6 Å². The lowest BCUT2D eigenvalue weighted by Crippen LogP contribution is -2.10. The fraction of sp³-hybridized carbons (Fsp3) is 0. The average Bonchev–Trinajstić information content (AvgIpc) is 2.28. The summed E-state index contributed by atoms with van der Waals surface area (Å²) in [6, 6.07) is 6.31. The number of carbonyl (C=O) groups is 1. The van der Waals surface area contributed by atoms with Gasteiger partial charge in [-0.15, -0.1) is 0 Å². The fourth-order valence-electron chi connectivity index (χ4n) is 1.49. The smallest absolute Gasteiger partial charge is 0.252 e. The van der Waals surface area contributed by atoms with E-state index in [1.165, 1.54) is 18.3 Å². The summed E-state index contributed by atoms with van der Waals surface area (Å²) in [5.74, 6) is -0.826. The first-order valence-corrected chi connectivity index (χ1v) is 5.19. The van der Waals surface area contributed by atoms with Gasteiger partial charge in [-0.2, -0.15) is 0 Å². The number of phenols is 1. The number of carbonyl (C=O) groups excluding carboxylic acids is 1. The van der Waals surface area contributed by atoms with E-state index in [1.807, 2.05) is 0 Å². The van der Waals surface area contributed by atoms with Gasteiger partial charge in [0.25, 0.3) is 5.91 Å². The Labute approximate surface area is 103 Å². The minimum atomic E-state index is -0.668. The number of hydrogen-bond donors (Lipinski definition) is 2. The molecule has 0 fully saturated rings. The summed E-state index contributed by atoms with van der Waals surface area (Å²) >= 11 is 5.82. The Kier molecular flexibility index (Phi) is 2.97. The standard InChI is InChI=1S/C12H9ClN2O2/c13-9-3-8(5-15-6-9)7-1-2-10(12(14)17)11(16)4-7/h1-6,16H,(H2,14,17). The lowest BCUT2D eigenvalue weighted by atomic mass is 10.0. The van der Waals surface area contributed by atoms with Gasteiger partial charge in [0.2, 0.25) is 0 Å². The zero-order valence-electron chi connectivity index (χ0n) is 8.72. The van der Waals surface area contributed by atoms with E-state index in [9.17, 15) is 9.90 Å². The maximum absolute atomic E-state index is 11.0. The molecule has 0 unspecified atom stereocenters. The Bertz CT molecular complexity index is 584. The van der Waals surface area contributed by atoms with E-state index in [0.29, 0.717) is 10.6 Å².